The van der Waals surface area contributed by atoms with E-state index in [0.29, 0.717) is 23.6 Å². The van der Waals surface area contributed by atoms with E-state index in [0.717, 1.165) is 62.0 Å². The maximum Gasteiger partial charge on any atom is 0.303 e. The lowest BCUT2D eigenvalue weighted by atomic mass is 10.0. The topological polar surface area (TPSA) is 151 Å². The molecule has 1 fully saturated rings. The molecular formula is C22H32BrN3O7. The number of nitrogens with zero attached hydrogens (tertiary/aromatic N) is 1. The number of amides is 1. The number of hydrogen-bond donors (Lipinski definition) is 4. The van der Waals surface area contributed by atoms with Gasteiger partial charge in [0.2, 0.25) is 0 Å². The molecule has 0 saturated carbocycles. The molecule has 184 valence electrons. The van der Waals surface area contributed by atoms with Gasteiger partial charge in [0.25, 0.3) is 5.91 Å². The summed E-state index contributed by atoms with van der Waals surface area (Å²) in [4.78, 5) is 34.5. The van der Waals surface area contributed by atoms with Crippen molar-refractivity contribution in [2.75, 3.05) is 45.7 Å². The van der Waals surface area contributed by atoms with Crippen molar-refractivity contribution in [2.45, 2.75) is 44.6 Å². The quantitative estimate of drug-likeness (QED) is 0.278. The first kappa shape index (κ1) is 26.9. The van der Waals surface area contributed by atoms with E-state index in [1.54, 1.807) is 13.2 Å². The highest BCUT2D eigenvalue weighted by molar-refractivity contribution is 9.10. The van der Waals surface area contributed by atoms with Crippen molar-refractivity contribution in [3.05, 3.63) is 21.7 Å². The monoisotopic (exact) mass is 529 g/mol. The summed E-state index contributed by atoms with van der Waals surface area (Å²) in [5.74, 6) is -1.58. The molecule has 1 amide bonds. The number of rotatable bonds is 9. The molecular weight excluding hydrogens is 498 g/mol. The molecule has 1 aromatic rings. The number of anilines is 1. The van der Waals surface area contributed by atoms with Gasteiger partial charge in [-0.05, 0) is 41.3 Å². The molecule has 1 aromatic carbocycles. The van der Waals surface area contributed by atoms with Gasteiger partial charge in [-0.2, -0.15) is 0 Å². The molecule has 1 saturated heterocycles. The predicted octanol–water partition coefficient (Wildman–Crippen LogP) is 2.13. The molecule has 0 aliphatic carbocycles. The van der Waals surface area contributed by atoms with Gasteiger partial charge in [0.15, 0.2) is 0 Å². The van der Waals surface area contributed by atoms with E-state index in [9.17, 15) is 14.4 Å². The molecule has 2 heterocycles. The van der Waals surface area contributed by atoms with Gasteiger partial charge in [-0.15, -0.1) is 0 Å². The number of nitrogens with one attached hydrogen (secondary N) is 1. The van der Waals surface area contributed by atoms with Crippen LogP contribution in [0.15, 0.2) is 10.5 Å². The van der Waals surface area contributed by atoms with Gasteiger partial charge in [0.1, 0.15) is 5.75 Å². The highest BCUT2D eigenvalue weighted by Gasteiger charge is 2.27. The van der Waals surface area contributed by atoms with Gasteiger partial charge in [0.05, 0.1) is 30.7 Å². The molecule has 33 heavy (non-hydrogen) atoms. The summed E-state index contributed by atoms with van der Waals surface area (Å²) >= 11 is 3.45. The van der Waals surface area contributed by atoms with Crippen molar-refractivity contribution >= 4 is 39.5 Å². The first-order valence-corrected chi connectivity index (χ1v) is 11.7. The lowest BCUT2D eigenvalue weighted by Gasteiger charge is -2.32. The van der Waals surface area contributed by atoms with Crippen LogP contribution in [0.1, 0.15) is 48.0 Å². The number of ether oxygens (including phenoxy) is 2. The van der Waals surface area contributed by atoms with Crippen LogP contribution in [-0.2, 0) is 20.7 Å². The summed E-state index contributed by atoms with van der Waals surface area (Å²) in [6.45, 7) is 4.45. The van der Waals surface area contributed by atoms with Gasteiger partial charge < -0.3 is 35.6 Å². The van der Waals surface area contributed by atoms with Crippen LogP contribution in [0.25, 0.3) is 0 Å². The van der Waals surface area contributed by atoms with Gasteiger partial charge in [-0.3, -0.25) is 14.4 Å². The molecule has 2 aliphatic rings. The molecule has 10 nitrogen and oxygen atoms in total. The van der Waals surface area contributed by atoms with Crippen LogP contribution >= 0.6 is 15.9 Å². The molecule has 0 atom stereocenters. The summed E-state index contributed by atoms with van der Waals surface area (Å²) in [5.41, 5.74) is 8.27. The second-order valence-electron chi connectivity index (χ2n) is 7.95. The Morgan fingerprint density at radius 1 is 1.24 bits per heavy atom. The van der Waals surface area contributed by atoms with Gasteiger partial charge >= 0.3 is 11.9 Å². The predicted molar refractivity (Wildman–Crippen MR) is 126 cm³/mol. The van der Waals surface area contributed by atoms with Crippen LogP contribution < -0.4 is 15.8 Å². The van der Waals surface area contributed by atoms with Crippen molar-refractivity contribution < 1.29 is 34.1 Å². The van der Waals surface area contributed by atoms with E-state index in [1.165, 1.54) is 0 Å². The van der Waals surface area contributed by atoms with Crippen LogP contribution in [0.3, 0.4) is 0 Å². The van der Waals surface area contributed by atoms with Crippen molar-refractivity contribution in [1.29, 1.82) is 0 Å². The number of nitrogen functional groups attached to an aromatic ring is 1. The van der Waals surface area contributed by atoms with Crippen molar-refractivity contribution in [3.8, 4) is 5.75 Å². The van der Waals surface area contributed by atoms with E-state index in [2.05, 4.69) is 26.1 Å². The first-order valence-electron chi connectivity index (χ1n) is 10.9. The smallest absolute Gasteiger partial charge is 0.303 e. The Bertz CT molecular complexity index is 828. The Hall–Kier alpha value is -2.37. The van der Waals surface area contributed by atoms with Crippen molar-refractivity contribution in [2.24, 2.45) is 0 Å². The van der Waals surface area contributed by atoms with Gasteiger partial charge in [0, 0.05) is 55.8 Å². The normalized spacial score (nSPS) is 15.7. The van der Waals surface area contributed by atoms with Crippen LogP contribution in [0, 0.1) is 0 Å². The number of likely N-dealkylation sites (tertiary alicyclic amines) is 1. The highest BCUT2D eigenvalue weighted by atomic mass is 79.9. The number of carboxylic acids is 2. The van der Waals surface area contributed by atoms with Crippen LogP contribution in [0.5, 0.6) is 5.75 Å². The number of nitrogens with two attached hydrogens (primary N) is 1. The molecule has 0 radical (unpaired) electrons. The zero-order valence-electron chi connectivity index (χ0n) is 18.8. The van der Waals surface area contributed by atoms with Crippen molar-refractivity contribution in [3.63, 3.8) is 0 Å². The maximum atomic E-state index is 12.7. The average molecular weight is 530 g/mol. The zero-order chi connectivity index (χ0) is 24.4. The fourth-order valence-electron chi connectivity index (χ4n) is 3.75. The molecule has 3 rings (SSSR count). The second-order valence-corrected chi connectivity index (χ2v) is 8.80. The third kappa shape index (κ3) is 8.49. The minimum absolute atomic E-state index is 0.0725. The summed E-state index contributed by atoms with van der Waals surface area (Å²) in [7, 11) is 1.73. The molecule has 0 bridgehead atoms. The van der Waals surface area contributed by atoms with Crippen LogP contribution in [0.2, 0.25) is 0 Å². The van der Waals surface area contributed by atoms with E-state index >= 15 is 0 Å². The summed E-state index contributed by atoms with van der Waals surface area (Å²) in [6, 6.07) is 1.98. The highest BCUT2D eigenvalue weighted by Crippen LogP contribution is 2.38. The molecule has 0 unspecified atom stereocenters. The van der Waals surface area contributed by atoms with E-state index in [-0.39, 0.29) is 24.8 Å². The van der Waals surface area contributed by atoms with Gasteiger partial charge in [-0.1, -0.05) is 0 Å². The number of carbonyl (C=O) groups excluding carboxylic acids is 1. The Balaban J connectivity index is 0.000000414. The Labute approximate surface area is 201 Å². The van der Waals surface area contributed by atoms with E-state index < -0.39 is 11.9 Å². The molecule has 11 heteroatoms. The summed E-state index contributed by atoms with van der Waals surface area (Å²) in [5, 5.41) is 19.0. The van der Waals surface area contributed by atoms with Gasteiger partial charge in [-0.25, -0.2) is 0 Å². The average Bonchev–Trinajstić information content (AvgIpc) is 3.27. The zero-order valence-corrected chi connectivity index (χ0v) is 20.4. The Kier molecular flexibility index (Phi) is 10.9. The number of fused-ring (bicyclic) bond motifs is 1. The number of carboxylic acid groups (broad SMARTS) is 2. The minimum atomic E-state index is -1.08. The van der Waals surface area contributed by atoms with Crippen LogP contribution in [0.4, 0.5) is 5.69 Å². The minimum Gasteiger partial charge on any atom is -0.492 e. The summed E-state index contributed by atoms with van der Waals surface area (Å²) < 4.78 is 11.5. The summed E-state index contributed by atoms with van der Waals surface area (Å²) in [6.07, 6.45) is 3.15. The largest absolute Gasteiger partial charge is 0.492 e. The molecule has 0 spiro atoms. The number of piperidine rings is 1. The SMILES string of the molecule is COCCCN1CCC(NC(=O)c2cc(Br)c(N)c3c2OCC3)CC1.O=C(O)CCC(=O)O. The molecule has 2 aliphatic heterocycles. The number of methoxy groups -OCH3 is 1. The Morgan fingerprint density at radius 2 is 1.88 bits per heavy atom. The third-order valence-electron chi connectivity index (χ3n) is 5.51. The maximum absolute atomic E-state index is 12.7. The van der Waals surface area contributed by atoms with E-state index in [1.807, 2.05) is 0 Å². The number of halogens is 1. The lowest BCUT2D eigenvalue weighted by molar-refractivity contribution is -0.143. The van der Waals surface area contributed by atoms with E-state index in [4.69, 9.17) is 25.4 Å². The Morgan fingerprint density at radius 3 is 2.45 bits per heavy atom. The number of aliphatic carboxylic acids is 2. The molecule has 0 aromatic heterocycles. The second kappa shape index (κ2) is 13.4. The fraction of sp³-hybridized carbons (Fsp3) is 0.591. The third-order valence-corrected chi connectivity index (χ3v) is 6.17. The first-order chi connectivity index (χ1) is 15.7. The number of benzene rings is 1. The standard InChI is InChI=1S/C18H26BrN3O3.C4H6O4/c1-24-9-2-6-22-7-3-12(4-8-22)21-18(23)14-11-15(19)16(20)13-5-10-25-17(13)14;5-3(6)1-2-4(7)8/h11-12H,2-10,20H2,1H3,(H,21,23);1-2H2,(H,5,6)(H,7,8). The number of carbonyl (C=O) groups is 3. The number of hydrogen-bond acceptors (Lipinski definition) is 7. The molecule has 5 N–H and O–H groups in total. The van der Waals surface area contributed by atoms with Crippen molar-refractivity contribution in [1.82, 2.24) is 10.2 Å². The van der Waals surface area contributed by atoms with Crippen LogP contribution in [-0.4, -0.2) is 79.0 Å². The lowest BCUT2D eigenvalue weighted by Crippen LogP contribution is -2.45. The fourth-order valence-corrected chi connectivity index (χ4v) is 4.21.